The Hall–Kier alpha value is -0.830. The van der Waals surface area contributed by atoms with Crippen molar-refractivity contribution in [1.29, 1.82) is 0 Å². The van der Waals surface area contributed by atoms with Crippen molar-refractivity contribution in [2.45, 2.75) is 51.4 Å². The van der Waals surface area contributed by atoms with Gasteiger partial charge in [-0.1, -0.05) is 19.3 Å². The van der Waals surface area contributed by atoms with E-state index < -0.39 is 0 Å². The lowest BCUT2D eigenvalue weighted by molar-refractivity contribution is 0.298. The van der Waals surface area contributed by atoms with Crippen LogP contribution in [0.4, 0.5) is 0 Å². The maximum Gasteiger partial charge on any atom is 0.112 e. The van der Waals surface area contributed by atoms with Crippen LogP contribution in [0.1, 0.15) is 55.2 Å². The highest BCUT2D eigenvalue weighted by molar-refractivity contribution is 5.18. The molecular weight excluding hydrogens is 200 g/mol. The van der Waals surface area contributed by atoms with Gasteiger partial charge < -0.3 is 9.67 Å². The molecule has 16 heavy (non-hydrogen) atoms. The van der Waals surface area contributed by atoms with Crippen LogP contribution in [0.2, 0.25) is 0 Å². The number of rotatable bonds is 3. The third-order valence-corrected chi connectivity index (χ3v) is 3.83. The SMILES string of the molecule is Cc1c(CCO)nc(C2CCCCC2)n1C. The smallest absolute Gasteiger partial charge is 0.112 e. The molecule has 0 bridgehead atoms. The van der Waals surface area contributed by atoms with Crippen molar-refractivity contribution in [3.05, 3.63) is 17.2 Å². The summed E-state index contributed by atoms with van der Waals surface area (Å²) in [7, 11) is 2.10. The number of nitrogens with zero attached hydrogens (tertiary/aromatic N) is 2. The number of hydrogen-bond donors (Lipinski definition) is 1. The Morgan fingerprint density at radius 3 is 2.62 bits per heavy atom. The lowest BCUT2D eigenvalue weighted by Crippen LogP contribution is -2.10. The van der Waals surface area contributed by atoms with E-state index in [-0.39, 0.29) is 6.61 Å². The number of aromatic nitrogens is 2. The molecule has 90 valence electrons. The van der Waals surface area contributed by atoms with Gasteiger partial charge in [0.1, 0.15) is 5.82 Å². The summed E-state index contributed by atoms with van der Waals surface area (Å²) in [5.74, 6) is 1.88. The van der Waals surface area contributed by atoms with Crippen molar-refractivity contribution in [2.75, 3.05) is 6.61 Å². The average molecular weight is 222 g/mol. The zero-order chi connectivity index (χ0) is 11.5. The van der Waals surface area contributed by atoms with E-state index in [0.717, 1.165) is 5.69 Å². The zero-order valence-corrected chi connectivity index (χ0v) is 10.4. The summed E-state index contributed by atoms with van der Waals surface area (Å²) in [4.78, 5) is 4.73. The average Bonchev–Trinajstić information content (AvgIpc) is 2.59. The first-order chi connectivity index (χ1) is 7.74. The molecule has 3 heteroatoms. The van der Waals surface area contributed by atoms with Crippen LogP contribution in [-0.4, -0.2) is 21.3 Å². The monoisotopic (exact) mass is 222 g/mol. The van der Waals surface area contributed by atoms with Crippen LogP contribution in [0.15, 0.2) is 0 Å². The van der Waals surface area contributed by atoms with Gasteiger partial charge in [-0.2, -0.15) is 0 Å². The molecule has 1 aliphatic carbocycles. The van der Waals surface area contributed by atoms with Gasteiger partial charge in [-0.15, -0.1) is 0 Å². The molecule has 1 N–H and O–H groups in total. The molecule has 0 saturated heterocycles. The predicted octanol–water partition coefficient (Wildman–Crippen LogP) is 2.31. The van der Waals surface area contributed by atoms with Gasteiger partial charge in [0, 0.05) is 31.7 Å². The summed E-state index contributed by atoms with van der Waals surface area (Å²) in [5, 5.41) is 9.01. The fourth-order valence-electron chi connectivity index (χ4n) is 2.73. The van der Waals surface area contributed by atoms with Crippen molar-refractivity contribution in [3.63, 3.8) is 0 Å². The quantitative estimate of drug-likeness (QED) is 0.852. The topological polar surface area (TPSA) is 38.1 Å². The van der Waals surface area contributed by atoms with E-state index in [1.54, 1.807) is 0 Å². The number of imidazole rings is 1. The van der Waals surface area contributed by atoms with Crippen LogP contribution in [-0.2, 0) is 13.5 Å². The summed E-state index contributed by atoms with van der Waals surface area (Å²) in [6.07, 6.45) is 7.30. The summed E-state index contributed by atoms with van der Waals surface area (Å²) in [5.41, 5.74) is 2.29. The summed E-state index contributed by atoms with van der Waals surface area (Å²) in [6, 6.07) is 0. The molecule has 0 unspecified atom stereocenters. The zero-order valence-electron chi connectivity index (χ0n) is 10.4. The van der Waals surface area contributed by atoms with Gasteiger partial charge in [0.2, 0.25) is 0 Å². The number of hydrogen-bond acceptors (Lipinski definition) is 2. The van der Waals surface area contributed by atoms with Crippen molar-refractivity contribution < 1.29 is 5.11 Å². The minimum absolute atomic E-state index is 0.196. The van der Waals surface area contributed by atoms with Gasteiger partial charge in [0.05, 0.1) is 5.69 Å². The van der Waals surface area contributed by atoms with Crippen molar-refractivity contribution in [1.82, 2.24) is 9.55 Å². The Labute approximate surface area is 97.5 Å². The molecule has 0 radical (unpaired) electrons. The minimum atomic E-state index is 0.196. The minimum Gasteiger partial charge on any atom is -0.396 e. The molecular formula is C13H22N2O. The molecule has 1 heterocycles. The second-order valence-electron chi connectivity index (χ2n) is 4.87. The molecule has 1 fully saturated rings. The second-order valence-corrected chi connectivity index (χ2v) is 4.87. The normalized spacial score (nSPS) is 17.9. The second kappa shape index (κ2) is 5.00. The number of aliphatic hydroxyl groups is 1. The molecule has 2 rings (SSSR count). The standard InChI is InChI=1S/C13H22N2O/c1-10-12(8-9-16)14-13(15(10)2)11-6-4-3-5-7-11/h11,16H,3-9H2,1-2H3. The van der Waals surface area contributed by atoms with E-state index in [4.69, 9.17) is 10.1 Å². The van der Waals surface area contributed by atoms with Crippen LogP contribution in [0.25, 0.3) is 0 Å². The van der Waals surface area contributed by atoms with E-state index in [1.165, 1.54) is 43.6 Å². The van der Waals surface area contributed by atoms with Gasteiger partial charge in [0.25, 0.3) is 0 Å². The lowest BCUT2D eigenvalue weighted by atomic mass is 9.89. The van der Waals surface area contributed by atoms with Crippen LogP contribution < -0.4 is 0 Å². The summed E-state index contributed by atoms with van der Waals surface area (Å²) in [6.45, 7) is 2.30. The third-order valence-electron chi connectivity index (χ3n) is 3.83. The van der Waals surface area contributed by atoms with Gasteiger partial charge in [-0.3, -0.25) is 0 Å². The maximum atomic E-state index is 9.01. The molecule has 0 amide bonds. The molecule has 1 saturated carbocycles. The van der Waals surface area contributed by atoms with Crippen LogP contribution >= 0.6 is 0 Å². The third kappa shape index (κ3) is 2.14. The predicted molar refractivity (Wildman–Crippen MR) is 64.6 cm³/mol. The highest BCUT2D eigenvalue weighted by atomic mass is 16.3. The van der Waals surface area contributed by atoms with Crippen LogP contribution in [0.3, 0.4) is 0 Å². The molecule has 0 spiro atoms. The highest BCUT2D eigenvalue weighted by Crippen LogP contribution is 2.32. The van der Waals surface area contributed by atoms with E-state index in [0.29, 0.717) is 12.3 Å². The first kappa shape index (κ1) is 11.6. The Kier molecular flexibility index (Phi) is 3.64. The van der Waals surface area contributed by atoms with Crippen LogP contribution in [0.5, 0.6) is 0 Å². The molecule has 3 nitrogen and oxygen atoms in total. The molecule has 0 aromatic carbocycles. The Morgan fingerprint density at radius 1 is 1.31 bits per heavy atom. The fraction of sp³-hybridized carbons (Fsp3) is 0.769. The first-order valence-corrected chi connectivity index (χ1v) is 6.37. The Balaban J connectivity index is 2.22. The largest absolute Gasteiger partial charge is 0.396 e. The Morgan fingerprint density at radius 2 is 2.00 bits per heavy atom. The van der Waals surface area contributed by atoms with Gasteiger partial charge in [-0.05, 0) is 19.8 Å². The van der Waals surface area contributed by atoms with E-state index in [1.807, 2.05) is 0 Å². The maximum absolute atomic E-state index is 9.01. The van der Waals surface area contributed by atoms with Crippen molar-refractivity contribution in [3.8, 4) is 0 Å². The van der Waals surface area contributed by atoms with Gasteiger partial charge in [0.15, 0.2) is 0 Å². The van der Waals surface area contributed by atoms with E-state index in [2.05, 4.69) is 18.5 Å². The first-order valence-electron chi connectivity index (χ1n) is 6.37. The molecule has 0 aliphatic heterocycles. The van der Waals surface area contributed by atoms with Crippen LogP contribution in [0, 0.1) is 6.92 Å². The van der Waals surface area contributed by atoms with Gasteiger partial charge >= 0.3 is 0 Å². The summed E-state index contributed by atoms with van der Waals surface area (Å²) < 4.78 is 2.22. The molecule has 1 aliphatic rings. The molecule has 1 aromatic heterocycles. The lowest BCUT2D eigenvalue weighted by Gasteiger charge is -2.21. The van der Waals surface area contributed by atoms with E-state index in [9.17, 15) is 0 Å². The Bertz CT molecular complexity index is 351. The van der Waals surface area contributed by atoms with Gasteiger partial charge in [-0.25, -0.2) is 4.98 Å². The highest BCUT2D eigenvalue weighted by Gasteiger charge is 2.21. The number of aliphatic hydroxyl groups excluding tert-OH is 1. The van der Waals surface area contributed by atoms with Crippen molar-refractivity contribution >= 4 is 0 Å². The fourth-order valence-corrected chi connectivity index (χ4v) is 2.73. The molecule has 0 atom stereocenters. The molecule has 1 aromatic rings. The summed E-state index contributed by atoms with van der Waals surface area (Å²) >= 11 is 0. The van der Waals surface area contributed by atoms with Crippen molar-refractivity contribution in [2.24, 2.45) is 7.05 Å². The van der Waals surface area contributed by atoms with E-state index >= 15 is 0 Å².